The molecule has 2 amide bonds. The minimum absolute atomic E-state index is 0.108. The second kappa shape index (κ2) is 18.5. The average Bonchev–Trinajstić information content (AvgIpc) is 2.81. The molecule has 0 spiro atoms. The minimum atomic E-state index is -1.16. The number of hydrogen-bond donors (Lipinski definition) is 6. The van der Waals surface area contributed by atoms with Crippen LogP contribution in [0.25, 0.3) is 0 Å². The highest BCUT2D eigenvalue weighted by atomic mass is 16.2. The lowest BCUT2D eigenvalue weighted by atomic mass is 10.0. The van der Waals surface area contributed by atoms with E-state index in [1.807, 2.05) is 20.8 Å². The van der Waals surface area contributed by atoms with Gasteiger partial charge in [0.25, 0.3) is 11.7 Å². The molecule has 0 aliphatic carbocycles. The second-order valence-corrected chi connectivity index (χ2v) is 10.2. The van der Waals surface area contributed by atoms with Crippen molar-refractivity contribution in [3.8, 4) is 0 Å². The number of hydrogen-bond acceptors (Lipinski definition) is 6. The quantitative estimate of drug-likeness (QED) is 0.0487. The molecule has 206 valence electrons. The van der Waals surface area contributed by atoms with Gasteiger partial charge in [0, 0.05) is 50.9 Å². The summed E-state index contributed by atoms with van der Waals surface area (Å²) in [6.07, 6.45) is 6.48. The van der Waals surface area contributed by atoms with Gasteiger partial charge in [0.15, 0.2) is 0 Å². The van der Waals surface area contributed by atoms with Crippen LogP contribution >= 0.6 is 0 Å². The molecule has 0 heterocycles. The van der Waals surface area contributed by atoms with E-state index in [0.29, 0.717) is 24.0 Å². The van der Waals surface area contributed by atoms with E-state index in [1.165, 1.54) is 0 Å². The zero-order valence-electron chi connectivity index (χ0n) is 22.9. The van der Waals surface area contributed by atoms with Crippen molar-refractivity contribution >= 4 is 35.1 Å². The van der Waals surface area contributed by atoms with E-state index in [4.69, 9.17) is 10.8 Å². The van der Waals surface area contributed by atoms with Crippen LogP contribution in [0.15, 0.2) is 0 Å². The number of Topliss-reactive ketones (excluding diaryl/α,β-unsaturated/α-hetero) is 2. The van der Waals surface area contributed by atoms with E-state index in [2.05, 4.69) is 35.1 Å². The van der Waals surface area contributed by atoms with Gasteiger partial charge >= 0.3 is 0 Å². The fourth-order valence-corrected chi connectivity index (χ4v) is 3.11. The summed E-state index contributed by atoms with van der Waals surface area (Å²) < 4.78 is 0. The standard InChI is InChI=1S/C26H48N6O4/c1-6-26(4,5)32-23(34)14-13-20(33)24(35)25(36)31-18-17-30-22(28)12-10-8-7-9-11-21(27)29-16-15-19(2)3/h19H,6-18H2,1-5H3,(H2,27,29)(H2,28,30)(H,31,36)(H,32,34). The van der Waals surface area contributed by atoms with Gasteiger partial charge in [-0.05, 0) is 45.4 Å². The smallest absolute Gasteiger partial charge is 0.295 e. The first-order chi connectivity index (χ1) is 16.9. The Morgan fingerprint density at radius 3 is 1.81 bits per heavy atom. The molecule has 10 nitrogen and oxygen atoms in total. The summed E-state index contributed by atoms with van der Waals surface area (Å²) in [5.74, 6) is -1.79. The normalized spacial score (nSPS) is 11.1. The predicted octanol–water partition coefficient (Wildman–Crippen LogP) is 2.85. The molecule has 0 radical (unpaired) electrons. The maximum absolute atomic E-state index is 11.9. The SMILES string of the molecule is CCC(C)(C)NC(=O)CCC(=O)C(=O)C(=O)NCCNC(=N)CCCCCCC(=N)NCCC(C)C. The maximum Gasteiger partial charge on any atom is 0.295 e. The first kappa shape index (κ1) is 33.2. The molecule has 10 heteroatoms. The summed E-state index contributed by atoms with van der Waals surface area (Å²) in [7, 11) is 0. The highest BCUT2D eigenvalue weighted by Crippen LogP contribution is 2.08. The summed E-state index contributed by atoms with van der Waals surface area (Å²) in [6.45, 7) is 11.2. The summed E-state index contributed by atoms with van der Waals surface area (Å²) >= 11 is 0. The molecule has 0 aliphatic rings. The molecule has 0 aliphatic heterocycles. The van der Waals surface area contributed by atoms with Crippen molar-refractivity contribution in [2.24, 2.45) is 5.92 Å². The lowest BCUT2D eigenvalue weighted by Crippen LogP contribution is -2.43. The van der Waals surface area contributed by atoms with E-state index in [9.17, 15) is 19.2 Å². The van der Waals surface area contributed by atoms with Crippen LogP contribution in [-0.4, -0.2) is 60.2 Å². The van der Waals surface area contributed by atoms with Crippen LogP contribution in [0.3, 0.4) is 0 Å². The van der Waals surface area contributed by atoms with Gasteiger partial charge in [0.1, 0.15) is 0 Å². The van der Waals surface area contributed by atoms with E-state index in [0.717, 1.165) is 51.5 Å². The van der Waals surface area contributed by atoms with Crippen molar-refractivity contribution in [2.45, 2.75) is 104 Å². The first-order valence-electron chi connectivity index (χ1n) is 13.2. The number of amides is 2. The lowest BCUT2D eigenvalue weighted by molar-refractivity contribution is -0.145. The Bertz CT molecular complexity index is 749. The number of amidine groups is 2. The Labute approximate surface area is 216 Å². The van der Waals surface area contributed by atoms with Crippen LogP contribution in [0.1, 0.15) is 98.8 Å². The monoisotopic (exact) mass is 508 g/mol. The van der Waals surface area contributed by atoms with Gasteiger partial charge in [0.05, 0.1) is 11.7 Å². The fraction of sp³-hybridized carbons (Fsp3) is 0.769. The maximum atomic E-state index is 11.9. The van der Waals surface area contributed by atoms with Crippen molar-refractivity contribution in [3.63, 3.8) is 0 Å². The van der Waals surface area contributed by atoms with Gasteiger partial charge in [0.2, 0.25) is 11.7 Å². The van der Waals surface area contributed by atoms with Crippen LogP contribution in [0, 0.1) is 16.7 Å². The molecule has 36 heavy (non-hydrogen) atoms. The molecule has 0 fully saturated rings. The molecule has 0 atom stereocenters. The Hall–Kier alpha value is -2.78. The Balaban J connectivity index is 3.86. The van der Waals surface area contributed by atoms with Crippen molar-refractivity contribution in [3.05, 3.63) is 0 Å². The summed E-state index contributed by atoms with van der Waals surface area (Å²) in [5.41, 5.74) is -0.391. The molecule has 0 unspecified atom stereocenters. The molecular formula is C26H48N6O4. The van der Waals surface area contributed by atoms with Crippen LogP contribution < -0.4 is 21.3 Å². The van der Waals surface area contributed by atoms with Crippen LogP contribution in [-0.2, 0) is 19.2 Å². The Morgan fingerprint density at radius 1 is 0.750 bits per heavy atom. The largest absolute Gasteiger partial charge is 0.374 e. The zero-order chi connectivity index (χ0) is 27.6. The summed E-state index contributed by atoms with van der Waals surface area (Å²) in [6, 6.07) is 0. The van der Waals surface area contributed by atoms with Crippen molar-refractivity contribution in [1.82, 2.24) is 21.3 Å². The third kappa shape index (κ3) is 17.6. The van der Waals surface area contributed by atoms with Crippen molar-refractivity contribution < 1.29 is 19.2 Å². The molecule has 0 aromatic rings. The van der Waals surface area contributed by atoms with Crippen molar-refractivity contribution in [1.29, 1.82) is 10.8 Å². The number of carbonyl (C=O) groups excluding carboxylic acids is 4. The molecular weight excluding hydrogens is 460 g/mol. The van der Waals surface area contributed by atoms with E-state index < -0.39 is 23.0 Å². The number of rotatable bonds is 20. The molecule has 0 aromatic carbocycles. The fourth-order valence-electron chi connectivity index (χ4n) is 3.11. The first-order valence-corrected chi connectivity index (χ1v) is 13.2. The number of ketones is 2. The highest BCUT2D eigenvalue weighted by Gasteiger charge is 2.24. The van der Waals surface area contributed by atoms with Crippen LogP contribution in [0.4, 0.5) is 0 Å². The second-order valence-electron chi connectivity index (χ2n) is 10.2. The third-order valence-electron chi connectivity index (χ3n) is 5.81. The van der Waals surface area contributed by atoms with Crippen LogP contribution in [0.5, 0.6) is 0 Å². The third-order valence-corrected chi connectivity index (χ3v) is 5.81. The predicted molar refractivity (Wildman–Crippen MR) is 143 cm³/mol. The zero-order valence-corrected chi connectivity index (χ0v) is 22.9. The van der Waals surface area contributed by atoms with Gasteiger partial charge in [-0.1, -0.05) is 33.6 Å². The molecule has 0 saturated heterocycles. The molecule has 0 saturated carbocycles. The van der Waals surface area contributed by atoms with E-state index in [1.54, 1.807) is 0 Å². The van der Waals surface area contributed by atoms with Gasteiger partial charge in [-0.15, -0.1) is 0 Å². The van der Waals surface area contributed by atoms with Gasteiger partial charge in [-0.2, -0.15) is 0 Å². The average molecular weight is 509 g/mol. The molecule has 0 aromatic heterocycles. The number of unbranched alkanes of at least 4 members (excludes halogenated alkanes) is 3. The van der Waals surface area contributed by atoms with Gasteiger partial charge in [-0.3, -0.25) is 30.0 Å². The molecule has 0 bridgehead atoms. The topological polar surface area (TPSA) is 164 Å². The summed E-state index contributed by atoms with van der Waals surface area (Å²) in [5, 5.41) is 27.0. The number of nitrogens with one attached hydrogen (secondary N) is 6. The van der Waals surface area contributed by atoms with Gasteiger partial charge < -0.3 is 21.3 Å². The van der Waals surface area contributed by atoms with Crippen LogP contribution in [0.2, 0.25) is 0 Å². The Kier molecular flexibility index (Phi) is 17.1. The minimum Gasteiger partial charge on any atom is -0.374 e. The van der Waals surface area contributed by atoms with E-state index >= 15 is 0 Å². The van der Waals surface area contributed by atoms with Crippen molar-refractivity contribution in [2.75, 3.05) is 19.6 Å². The summed E-state index contributed by atoms with van der Waals surface area (Å²) in [4.78, 5) is 47.6. The Morgan fingerprint density at radius 2 is 1.28 bits per heavy atom. The van der Waals surface area contributed by atoms with E-state index in [-0.39, 0.29) is 31.8 Å². The number of carbonyl (C=O) groups is 4. The molecule has 6 N–H and O–H groups in total. The highest BCUT2D eigenvalue weighted by molar-refractivity contribution is 6.63. The lowest BCUT2D eigenvalue weighted by Gasteiger charge is -2.24. The molecule has 0 rings (SSSR count). The van der Waals surface area contributed by atoms with Gasteiger partial charge in [-0.25, -0.2) is 0 Å².